The van der Waals surface area contributed by atoms with E-state index in [9.17, 15) is 4.79 Å². The minimum atomic E-state index is -1.21. The fourth-order valence-electron chi connectivity index (χ4n) is 1.02. The third-order valence-corrected chi connectivity index (χ3v) is 2.29. The summed E-state index contributed by atoms with van der Waals surface area (Å²) in [6.45, 7) is 0. The van der Waals surface area contributed by atoms with Crippen LogP contribution in [0.15, 0.2) is 16.7 Å². The molecule has 0 aliphatic heterocycles. The summed E-state index contributed by atoms with van der Waals surface area (Å²) < 4.78 is 2.12. The lowest BCUT2D eigenvalue weighted by Crippen LogP contribution is -2.07. The quantitative estimate of drug-likeness (QED) is 0.863. The maximum atomic E-state index is 10.6. The van der Waals surface area contributed by atoms with E-state index in [1.807, 2.05) is 0 Å². The predicted molar refractivity (Wildman–Crippen MR) is 52.7 cm³/mol. The Kier molecular flexibility index (Phi) is 2.16. The molecule has 2 aromatic heterocycles. The molecule has 2 rings (SSSR count). The molecule has 0 unspecified atom stereocenters. The van der Waals surface area contributed by atoms with Crippen LogP contribution in [0.25, 0.3) is 5.52 Å². The molecule has 0 saturated carbocycles. The number of rotatable bonds is 1. The van der Waals surface area contributed by atoms with Crippen LogP contribution in [-0.4, -0.2) is 25.7 Å². The summed E-state index contributed by atoms with van der Waals surface area (Å²) in [4.78, 5) is 14.2. The molecule has 5 nitrogen and oxygen atoms in total. The van der Waals surface area contributed by atoms with Gasteiger partial charge in [-0.25, -0.2) is 14.3 Å². The number of fused-ring (bicyclic) bond motifs is 1. The van der Waals surface area contributed by atoms with Gasteiger partial charge < -0.3 is 5.11 Å². The van der Waals surface area contributed by atoms with E-state index in [1.54, 1.807) is 12.3 Å². The Hall–Kier alpha value is -1.14. The van der Waals surface area contributed by atoms with E-state index in [0.29, 0.717) is 5.52 Å². The Morgan fingerprint density at radius 2 is 2.36 bits per heavy atom. The minimum Gasteiger partial charge on any atom is -0.475 e. The molecule has 0 fully saturated rings. The average Bonchev–Trinajstić information content (AvgIpc) is 2.45. The van der Waals surface area contributed by atoms with E-state index in [0.717, 1.165) is 4.47 Å². The summed E-state index contributed by atoms with van der Waals surface area (Å²) in [5.74, 6) is -1.54. The van der Waals surface area contributed by atoms with Gasteiger partial charge in [-0.2, -0.15) is 0 Å². The summed E-state index contributed by atoms with van der Waals surface area (Å²) in [7, 11) is 0. The highest BCUT2D eigenvalue weighted by Gasteiger charge is 2.12. The third kappa shape index (κ3) is 1.46. The normalized spacial score (nSPS) is 10.7. The summed E-state index contributed by atoms with van der Waals surface area (Å²) in [6.07, 6.45) is 1.61. The maximum absolute atomic E-state index is 10.6. The van der Waals surface area contributed by atoms with Crippen molar-refractivity contribution in [2.45, 2.75) is 0 Å². The molecule has 7 heteroatoms. The fourth-order valence-corrected chi connectivity index (χ4v) is 1.65. The molecule has 0 bridgehead atoms. The average molecular weight is 276 g/mol. The van der Waals surface area contributed by atoms with Gasteiger partial charge in [-0.05, 0) is 22.0 Å². The molecular formula is C7H3BrClN3O2. The Bertz CT molecular complexity index is 525. The smallest absolute Gasteiger partial charge is 0.375 e. The van der Waals surface area contributed by atoms with Crippen LogP contribution in [0.2, 0.25) is 5.15 Å². The largest absolute Gasteiger partial charge is 0.475 e. The van der Waals surface area contributed by atoms with E-state index >= 15 is 0 Å². The maximum Gasteiger partial charge on any atom is 0.375 e. The minimum absolute atomic E-state index is 0.114. The van der Waals surface area contributed by atoms with Gasteiger partial charge in [-0.15, -0.1) is 5.10 Å². The van der Waals surface area contributed by atoms with Crippen molar-refractivity contribution < 1.29 is 9.90 Å². The fraction of sp³-hybridized carbons (Fsp3) is 0. The van der Waals surface area contributed by atoms with Crippen LogP contribution in [0.3, 0.4) is 0 Å². The number of carboxylic acids is 1. The molecule has 0 aliphatic carbocycles. The molecule has 1 N–H and O–H groups in total. The predicted octanol–water partition coefficient (Wildman–Crippen LogP) is 1.84. The summed E-state index contributed by atoms with van der Waals surface area (Å²) in [5.41, 5.74) is 0.559. The number of hydrogen-bond donors (Lipinski definition) is 1. The number of hydrogen-bond acceptors (Lipinski definition) is 3. The van der Waals surface area contributed by atoms with Crippen molar-refractivity contribution in [1.82, 2.24) is 14.6 Å². The number of aromatic nitrogens is 3. The molecule has 0 aromatic carbocycles. The molecule has 0 atom stereocenters. The van der Waals surface area contributed by atoms with Gasteiger partial charge in [0, 0.05) is 10.7 Å². The first-order chi connectivity index (χ1) is 6.58. The lowest BCUT2D eigenvalue weighted by Gasteiger charge is -1.97. The molecule has 2 aromatic rings. The third-order valence-electron chi connectivity index (χ3n) is 1.58. The van der Waals surface area contributed by atoms with Gasteiger partial charge in [-0.3, -0.25) is 0 Å². The molecule has 0 amide bonds. The second kappa shape index (κ2) is 3.21. The molecule has 2 heterocycles. The van der Waals surface area contributed by atoms with Crippen LogP contribution in [0.1, 0.15) is 10.6 Å². The van der Waals surface area contributed by atoms with E-state index in [-0.39, 0.29) is 11.0 Å². The number of halogens is 2. The number of aromatic carboxylic acids is 1. The number of nitrogens with zero attached hydrogens (tertiary/aromatic N) is 3. The van der Waals surface area contributed by atoms with Crippen LogP contribution in [0.5, 0.6) is 0 Å². The Balaban J connectivity index is 2.77. The Labute approximate surface area is 91.4 Å². The van der Waals surface area contributed by atoms with Gasteiger partial charge in [0.1, 0.15) is 5.52 Å². The highest BCUT2D eigenvalue weighted by atomic mass is 79.9. The highest BCUT2D eigenvalue weighted by molar-refractivity contribution is 9.10. The van der Waals surface area contributed by atoms with Gasteiger partial charge >= 0.3 is 5.97 Å². The molecule has 0 aliphatic rings. The van der Waals surface area contributed by atoms with Crippen molar-refractivity contribution in [2.24, 2.45) is 0 Å². The second-order valence-corrected chi connectivity index (χ2v) is 3.79. The van der Waals surface area contributed by atoms with E-state index in [1.165, 1.54) is 4.52 Å². The Morgan fingerprint density at radius 1 is 1.64 bits per heavy atom. The van der Waals surface area contributed by atoms with Gasteiger partial charge in [0.2, 0.25) is 0 Å². The second-order valence-electron chi connectivity index (χ2n) is 2.52. The van der Waals surface area contributed by atoms with Gasteiger partial charge in [0.25, 0.3) is 5.82 Å². The van der Waals surface area contributed by atoms with Crippen molar-refractivity contribution in [3.8, 4) is 0 Å². The Morgan fingerprint density at radius 3 is 3.00 bits per heavy atom. The number of carbonyl (C=O) groups is 1. The van der Waals surface area contributed by atoms with E-state index in [4.69, 9.17) is 16.7 Å². The van der Waals surface area contributed by atoms with Crippen LogP contribution in [-0.2, 0) is 0 Å². The highest BCUT2D eigenvalue weighted by Crippen LogP contribution is 2.20. The van der Waals surface area contributed by atoms with Gasteiger partial charge in [0.05, 0.1) is 0 Å². The SMILES string of the molecule is O=C(O)c1nc(Cl)c2cc(Br)cn2n1. The van der Waals surface area contributed by atoms with Gasteiger partial charge in [-0.1, -0.05) is 11.6 Å². The molecule has 14 heavy (non-hydrogen) atoms. The summed E-state index contributed by atoms with van der Waals surface area (Å²) >= 11 is 8.99. The summed E-state index contributed by atoms with van der Waals surface area (Å²) in [5, 5.41) is 12.5. The zero-order valence-corrected chi connectivity index (χ0v) is 8.95. The van der Waals surface area contributed by atoms with Gasteiger partial charge in [0.15, 0.2) is 5.15 Å². The van der Waals surface area contributed by atoms with E-state index < -0.39 is 5.97 Å². The molecular weight excluding hydrogens is 273 g/mol. The first-order valence-corrected chi connectivity index (χ1v) is 4.70. The van der Waals surface area contributed by atoms with Crippen LogP contribution in [0.4, 0.5) is 0 Å². The molecule has 0 spiro atoms. The van der Waals surface area contributed by atoms with Crippen LogP contribution < -0.4 is 0 Å². The van der Waals surface area contributed by atoms with Crippen LogP contribution in [0, 0.1) is 0 Å². The molecule has 0 saturated heterocycles. The summed E-state index contributed by atoms with van der Waals surface area (Å²) in [6, 6.07) is 1.70. The first-order valence-electron chi connectivity index (χ1n) is 3.52. The lowest BCUT2D eigenvalue weighted by molar-refractivity contribution is 0.0681. The van der Waals surface area contributed by atoms with Crippen molar-refractivity contribution >= 4 is 39.0 Å². The lowest BCUT2D eigenvalue weighted by atomic mass is 10.5. The van der Waals surface area contributed by atoms with Crippen LogP contribution >= 0.6 is 27.5 Å². The zero-order valence-electron chi connectivity index (χ0n) is 6.61. The number of carboxylic acid groups (broad SMARTS) is 1. The zero-order chi connectivity index (χ0) is 10.3. The monoisotopic (exact) mass is 275 g/mol. The standard InChI is InChI=1S/C7H3BrClN3O2/c8-3-1-4-5(9)10-6(7(13)14)11-12(4)2-3/h1-2H,(H,13,14). The molecule has 72 valence electrons. The molecule has 0 radical (unpaired) electrons. The van der Waals surface area contributed by atoms with E-state index in [2.05, 4.69) is 26.0 Å². The van der Waals surface area contributed by atoms with Crippen molar-refractivity contribution in [2.75, 3.05) is 0 Å². The topological polar surface area (TPSA) is 67.5 Å². The van der Waals surface area contributed by atoms with Crippen molar-refractivity contribution in [3.63, 3.8) is 0 Å². The first kappa shape index (κ1) is 9.42. The van der Waals surface area contributed by atoms with Crippen molar-refractivity contribution in [1.29, 1.82) is 0 Å². The van der Waals surface area contributed by atoms with Crippen molar-refractivity contribution in [3.05, 3.63) is 27.7 Å².